The van der Waals surface area contributed by atoms with Crippen molar-refractivity contribution in [3.8, 4) is 17.0 Å². The summed E-state index contributed by atoms with van der Waals surface area (Å²) in [4.78, 5) is 35.8. The molecule has 1 atom stereocenters. The Hall–Kier alpha value is -5.04. The lowest BCUT2D eigenvalue weighted by molar-refractivity contribution is -0.137. The zero-order valence-corrected chi connectivity index (χ0v) is 24.8. The highest BCUT2D eigenvalue weighted by molar-refractivity contribution is 7.90. The molecule has 1 heterocycles. The first-order valence-corrected chi connectivity index (χ1v) is 15.1. The smallest absolute Gasteiger partial charge is 0.305 e. The Kier molecular flexibility index (Phi) is 10.1. The van der Waals surface area contributed by atoms with Crippen molar-refractivity contribution in [1.82, 2.24) is 19.8 Å². The number of benzene rings is 3. The van der Waals surface area contributed by atoms with E-state index in [4.69, 9.17) is 4.74 Å². The van der Waals surface area contributed by atoms with Crippen LogP contribution in [0.5, 0.6) is 5.88 Å². The molecule has 1 aromatic heterocycles. The maximum Gasteiger partial charge on any atom is 0.305 e. The largest absolute Gasteiger partial charge is 0.481 e. The van der Waals surface area contributed by atoms with Crippen molar-refractivity contribution in [1.29, 1.82) is 0 Å². The molecule has 4 aromatic rings. The number of carboxylic acids is 1. The lowest BCUT2D eigenvalue weighted by Gasteiger charge is -2.16. The first-order valence-electron chi connectivity index (χ1n) is 13.6. The number of aliphatic carboxylic acids is 1. The molecular formula is C31H31FN4O7S. The number of ether oxygens (including phenoxy) is 1. The minimum atomic E-state index is -4.18. The molecule has 3 aromatic carbocycles. The first-order chi connectivity index (χ1) is 21.0. The molecule has 0 saturated carbocycles. The third kappa shape index (κ3) is 8.07. The van der Waals surface area contributed by atoms with Gasteiger partial charge in [0.2, 0.25) is 11.8 Å². The Labute approximate surface area is 253 Å². The van der Waals surface area contributed by atoms with Gasteiger partial charge in [-0.05, 0) is 36.6 Å². The van der Waals surface area contributed by atoms with Crippen LogP contribution in [-0.4, -0.2) is 53.7 Å². The molecule has 0 fully saturated rings. The maximum absolute atomic E-state index is 15.4. The van der Waals surface area contributed by atoms with Gasteiger partial charge in [-0.1, -0.05) is 60.7 Å². The minimum absolute atomic E-state index is 0.0361. The monoisotopic (exact) mass is 622 g/mol. The zero-order chi connectivity index (χ0) is 31.9. The van der Waals surface area contributed by atoms with E-state index in [2.05, 4.69) is 10.4 Å². The van der Waals surface area contributed by atoms with Crippen molar-refractivity contribution >= 4 is 27.8 Å². The van der Waals surface area contributed by atoms with Crippen LogP contribution in [0.3, 0.4) is 0 Å². The van der Waals surface area contributed by atoms with E-state index >= 15 is 4.39 Å². The Morgan fingerprint density at radius 3 is 2.39 bits per heavy atom. The molecular weight excluding hydrogens is 591 g/mol. The van der Waals surface area contributed by atoms with Gasteiger partial charge < -0.3 is 15.2 Å². The minimum Gasteiger partial charge on any atom is -0.481 e. The predicted molar refractivity (Wildman–Crippen MR) is 159 cm³/mol. The van der Waals surface area contributed by atoms with E-state index in [0.717, 1.165) is 12.5 Å². The molecule has 0 unspecified atom stereocenters. The van der Waals surface area contributed by atoms with Crippen LogP contribution in [0.15, 0.2) is 83.8 Å². The molecule has 0 radical (unpaired) electrons. The fourth-order valence-corrected chi connectivity index (χ4v) is 5.84. The average molecular weight is 623 g/mol. The Morgan fingerprint density at radius 1 is 1.02 bits per heavy atom. The Bertz CT molecular complexity index is 1770. The second-order valence-corrected chi connectivity index (χ2v) is 11.5. The average Bonchev–Trinajstić information content (AvgIpc) is 3.36. The zero-order valence-electron chi connectivity index (χ0n) is 24.0. The number of hydrogen-bond acceptors (Lipinski definition) is 7. The fraction of sp³-hybridized carbons (Fsp3) is 0.226. The highest BCUT2D eigenvalue weighted by Crippen LogP contribution is 2.29. The van der Waals surface area contributed by atoms with Gasteiger partial charge in [0.1, 0.15) is 5.82 Å². The second kappa shape index (κ2) is 14.0. The van der Waals surface area contributed by atoms with E-state index in [1.807, 2.05) is 35.1 Å². The molecule has 2 amide bonds. The van der Waals surface area contributed by atoms with E-state index in [0.29, 0.717) is 6.42 Å². The van der Waals surface area contributed by atoms with Gasteiger partial charge in [-0.2, -0.15) is 5.10 Å². The highest BCUT2D eigenvalue weighted by atomic mass is 32.2. The number of amides is 2. The second-order valence-electron chi connectivity index (χ2n) is 9.88. The summed E-state index contributed by atoms with van der Waals surface area (Å²) < 4.78 is 49.6. The predicted octanol–water partition coefficient (Wildman–Crippen LogP) is 3.78. The number of aromatic nitrogens is 2. The van der Waals surface area contributed by atoms with Gasteiger partial charge in [0.05, 0.1) is 24.5 Å². The van der Waals surface area contributed by atoms with Crippen LogP contribution >= 0.6 is 0 Å². The van der Waals surface area contributed by atoms with Crippen molar-refractivity contribution in [3.63, 3.8) is 0 Å². The van der Waals surface area contributed by atoms with Crippen LogP contribution in [0.1, 0.15) is 41.9 Å². The van der Waals surface area contributed by atoms with Crippen molar-refractivity contribution in [2.75, 3.05) is 6.61 Å². The topological polar surface area (TPSA) is 157 Å². The maximum atomic E-state index is 15.4. The van der Waals surface area contributed by atoms with E-state index in [-0.39, 0.29) is 52.7 Å². The molecule has 13 heteroatoms. The lowest BCUT2D eigenvalue weighted by atomic mass is 10.0. The fourth-order valence-electron chi connectivity index (χ4n) is 4.62. The number of sulfonamides is 1. The van der Waals surface area contributed by atoms with Crippen molar-refractivity contribution in [3.05, 3.63) is 102 Å². The third-order valence-electron chi connectivity index (χ3n) is 6.49. The molecule has 4 rings (SSSR count). The molecule has 0 bridgehead atoms. The highest BCUT2D eigenvalue weighted by Gasteiger charge is 2.23. The molecule has 0 aliphatic rings. The quantitative estimate of drug-likeness (QED) is 0.203. The van der Waals surface area contributed by atoms with E-state index in [1.54, 1.807) is 13.0 Å². The van der Waals surface area contributed by atoms with Gasteiger partial charge in [-0.25, -0.2) is 22.2 Å². The normalized spacial score (nSPS) is 11.9. The van der Waals surface area contributed by atoms with Crippen molar-refractivity contribution in [2.24, 2.45) is 0 Å². The van der Waals surface area contributed by atoms with Crippen LogP contribution < -0.4 is 14.8 Å². The summed E-state index contributed by atoms with van der Waals surface area (Å²) in [7, 11) is -4.18. The molecule has 0 aliphatic carbocycles. The molecule has 3 N–H and O–H groups in total. The van der Waals surface area contributed by atoms with Gasteiger partial charge in [-0.15, -0.1) is 0 Å². The molecule has 0 saturated heterocycles. The first kappa shape index (κ1) is 31.9. The molecule has 230 valence electrons. The molecule has 0 aliphatic heterocycles. The number of nitrogens with one attached hydrogen (secondary N) is 2. The summed E-state index contributed by atoms with van der Waals surface area (Å²) in [5.74, 6) is -2.90. The summed E-state index contributed by atoms with van der Waals surface area (Å²) in [5, 5.41) is 16.4. The van der Waals surface area contributed by atoms with Crippen LogP contribution in [0.25, 0.3) is 11.1 Å². The van der Waals surface area contributed by atoms with Gasteiger partial charge in [-0.3, -0.25) is 14.4 Å². The molecule has 44 heavy (non-hydrogen) atoms. The number of rotatable bonds is 13. The standard InChI is InChI=1S/C31H31FN4O7S/c1-3-43-29-18-27(31(40)33-24(17-30(38)39)15-21-9-5-4-6-10-21)34-36(29)19-23-14-13-22(16-26(23)32)25-11-7-8-12-28(25)44(41,42)35-20(2)37/h4-14,16,18,24H,3,15,17,19H2,1-2H3,(H,33,40)(H,35,37)(H,38,39)/t24-/m1/s1. The number of nitrogens with zero attached hydrogens (tertiary/aromatic N) is 2. The van der Waals surface area contributed by atoms with Gasteiger partial charge in [0.25, 0.3) is 15.9 Å². The summed E-state index contributed by atoms with van der Waals surface area (Å²) in [6, 6.07) is 19.9. The molecule has 11 nitrogen and oxygen atoms in total. The van der Waals surface area contributed by atoms with E-state index in [1.165, 1.54) is 47.1 Å². The lowest BCUT2D eigenvalue weighted by Crippen LogP contribution is -2.38. The van der Waals surface area contributed by atoms with E-state index in [9.17, 15) is 27.9 Å². The van der Waals surface area contributed by atoms with Crippen LogP contribution in [0.2, 0.25) is 0 Å². The Balaban J connectivity index is 1.58. The van der Waals surface area contributed by atoms with Crippen LogP contribution in [0, 0.1) is 5.82 Å². The van der Waals surface area contributed by atoms with Gasteiger partial charge in [0, 0.05) is 30.2 Å². The number of halogens is 1. The number of carbonyl (C=O) groups is 3. The van der Waals surface area contributed by atoms with E-state index < -0.39 is 39.7 Å². The molecule has 0 spiro atoms. The third-order valence-corrected chi connectivity index (χ3v) is 7.98. The van der Waals surface area contributed by atoms with Gasteiger partial charge in [0.15, 0.2) is 5.69 Å². The number of carbonyl (C=O) groups excluding carboxylic acids is 2. The summed E-state index contributed by atoms with van der Waals surface area (Å²) >= 11 is 0. The van der Waals surface area contributed by atoms with Crippen molar-refractivity contribution < 1.29 is 37.0 Å². The van der Waals surface area contributed by atoms with Gasteiger partial charge >= 0.3 is 5.97 Å². The number of carboxylic acid groups (broad SMARTS) is 1. The van der Waals surface area contributed by atoms with Crippen LogP contribution in [0.4, 0.5) is 4.39 Å². The SMILES string of the molecule is CCOc1cc(C(=O)N[C@@H](CC(=O)O)Cc2ccccc2)nn1Cc1ccc(-c2ccccc2S(=O)(=O)NC(C)=O)cc1F. The van der Waals surface area contributed by atoms with Crippen LogP contribution in [-0.2, 0) is 32.6 Å². The summed E-state index contributed by atoms with van der Waals surface area (Å²) in [6.07, 6.45) is -0.00280. The number of hydrogen-bond donors (Lipinski definition) is 3. The summed E-state index contributed by atoms with van der Waals surface area (Å²) in [6.45, 7) is 2.93. The van der Waals surface area contributed by atoms with Crippen molar-refractivity contribution in [2.45, 2.75) is 44.2 Å². The summed E-state index contributed by atoms with van der Waals surface area (Å²) in [5.41, 5.74) is 1.47. The Morgan fingerprint density at radius 2 is 1.73 bits per heavy atom.